The summed E-state index contributed by atoms with van der Waals surface area (Å²) in [6, 6.07) is 25.3. The van der Waals surface area contributed by atoms with Crippen molar-refractivity contribution in [3.63, 3.8) is 0 Å². The Balaban J connectivity index is 1.38. The zero-order valence-corrected chi connectivity index (χ0v) is 21.8. The van der Waals surface area contributed by atoms with Crippen molar-refractivity contribution in [1.29, 1.82) is 0 Å². The molecule has 0 spiro atoms. The Kier molecular flexibility index (Phi) is 9.19. The van der Waals surface area contributed by atoms with Crippen LogP contribution in [-0.2, 0) is 17.6 Å². The maximum atomic E-state index is 10.8. The molecule has 7 heteroatoms. The molecular weight excluding hydrogens is 466 g/mol. The van der Waals surface area contributed by atoms with Crippen LogP contribution in [0.4, 0.5) is 0 Å². The smallest absolute Gasteiger partial charge is 0.176 e. The molecular formula is C30H37N3O4. The lowest BCUT2D eigenvalue weighted by Crippen LogP contribution is -2.40. The van der Waals surface area contributed by atoms with Crippen LogP contribution in [0, 0.1) is 0 Å². The number of methoxy groups -OCH3 is 1. The molecule has 3 aromatic carbocycles. The first-order valence-electron chi connectivity index (χ1n) is 12.6. The van der Waals surface area contributed by atoms with E-state index in [4.69, 9.17) is 19.9 Å². The van der Waals surface area contributed by atoms with Crippen LogP contribution >= 0.6 is 0 Å². The number of likely N-dealkylation sites (N-methyl/N-ethyl adjacent to an activating group) is 1. The maximum absolute atomic E-state index is 10.8. The summed E-state index contributed by atoms with van der Waals surface area (Å²) in [6.45, 7) is 0.860. The molecule has 3 atom stereocenters. The fourth-order valence-electron chi connectivity index (χ4n) is 4.36. The van der Waals surface area contributed by atoms with Crippen LogP contribution in [0.5, 0.6) is 11.5 Å². The Morgan fingerprint density at radius 1 is 0.946 bits per heavy atom. The molecule has 37 heavy (non-hydrogen) atoms. The van der Waals surface area contributed by atoms with Crippen LogP contribution in [0.1, 0.15) is 22.9 Å². The second-order valence-electron chi connectivity index (χ2n) is 9.52. The largest absolute Gasteiger partial charge is 0.497 e. The summed E-state index contributed by atoms with van der Waals surface area (Å²) in [5, 5.41) is 11.9. The molecule has 0 saturated carbocycles. The van der Waals surface area contributed by atoms with Crippen molar-refractivity contribution in [2.24, 2.45) is 5.73 Å². The van der Waals surface area contributed by atoms with Crippen molar-refractivity contribution in [2.45, 2.75) is 31.3 Å². The fraction of sp³-hybridized carbons (Fsp3) is 0.333. The summed E-state index contributed by atoms with van der Waals surface area (Å²) in [5.74, 6) is 1.67. The number of ether oxygens (including phenoxy) is 3. The van der Waals surface area contributed by atoms with E-state index in [1.165, 1.54) is 5.56 Å². The van der Waals surface area contributed by atoms with E-state index in [9.17, 15) is 5.11 Å². The van der Waals surface area contributed by atoms with E-state index in [1.807, 2.05) is 79.7 Å². The van der Waals surface area contributed by atoms with E-state index >= 15 is 0 Å². The summed E-state index contributed by atoms with van der Waals surface area (Å²) in [5.41, 5.74) is 10.4. The Hall–Kier alpha value is -3.36. The van der Waals surface area contributed by atoms with Crippen LogP contribution < -0.4 is 15.2 Å². The molecule has 0 fully saturated rings. The standard InChI is InChI=1S/C30H37N3O4/c1-33(2)19-25(37-30(34)29(31)27-18-23-9-4-6-10-26(23)32-27)20-36-28-11-7-5-8-22(28)15-12-21-13-16-24(35-3)17-14-21/h4-11,13-14,16-18,25,29-30,32,34H,12,15,19-20,31H2,1-3H3/t25?,29-,30?/m1/s1. The minimum atomic E-state index is -1.19. The topological polar surface area (TPSA) is 93.0 Å². The van der Waals surface area contributed by atoms with Crippen molar-refractivity contribution in [2.75, 3.05) is 34.4 Å². The Bertz CT molecular complexity index is 1220. The number of aromatic amines is 1. The summed E-state index contributed by atoms with van der Waals surface area (Å²) in [4.78, 5) is 5.28. The number of aliphatic hydroxyl groups excluding tert-OH is 1. The molecule has 0 aliphatic rings. The number of nitrogens with zero attached hydrogens (tertiary/aromatic N) is 1. The maximum Gasteiger partial charge on any atom is 0.176 e. The first-order valence-corrected chi connectivity index (χ1v) is 12.6. The number of aromatic nitrogens is 1. The predicted molar refractivity (Wildman–Crippen MR) is 147 cm³/mol. The minimum absolute atomic E-state index is 0.286. The van der Waals surface area contributed by atoms with Crippen LogP contribution in [0.15, 0.2) is 78.9 Å². The van der Waals surface area contributed by atoms with Crippen molar-refractivity contribution in [3.05, 3.63) is 95.7 Å². The van der Waals surface area contributed by atoms with Crippen LogP contribution in [0.3, 0.4) is 0 Å². The van der Waals surface area contributed by atoms with Gasteiger partial charge in [-0.25, -0.2) is 0 Å². The average Bonchev–Trinajstić information content (AvgIpc) is 3.35. The molecule has 0 saturated heterocycles. The number of aliphatic hydroxyl groups is 1. The van der Waals surface area contributed by atoms with Gasteiger partial charge in [0, 0.05) is 17.8 Å². The molecule has 0 amide bonds. The summed E-state index contributed by atoms with van der Waals surface area (Å²) >= 11 is 0. The number of nitrogens with two attached hydrogens (primary N) is 1. The molecule has 0 aliphatic heterocycles. The van der Waals surface area contributed by atoms with Crippen LogP contribution in [-0.4, -0.2) is 61.7 Å². The van der Waals surface area contributed by atoms with Crippen molar-refractivity contribution in [1.82, 2.24) is 9.88 Å². The quantitative estimate of drug-likeness (QED) is 0.236. The fourth-order valence-corrected chi connectivity index (χ4v) is 4.36. The highest BCUT2D eigenvalue weighted by Gasteiger charge is 2.24. The highest BCUT2D eigenvalue weighted by Crippen LogP contribution is 2.24. The molecule has 196 valence electrons. The van der Waals surface area contributed by atoms with Gasteiger partial charge >= 0.3 is 0 Å². The van der Waals surface area contributed by atoms with Gasteiger partial charge in [0.2, 0.25) is 0 Å². The first-order chi connectivity index (χ1) is 17.9. The zero-order valence-electron chi connectivity index (χ0n) is 21.8. The lowest BCUT2D eigenvalue weighted by atomic mass is 10.0. The molecule has 4 aromatic rings. The van der Waals surface area contributed by atoms with Crippen molar-refractivity contribution < 1.29 is 19.3 Å². The predicted octanol–water partition coefficient (Wildman–Crippen LogP) is 4.31. The Morgan fingerprint density at radius 3 is 2.41 bits per heavy atom. The number of nitrogens with one attached hydrogen (secondary N) is 1. The van der Waals surface area contributed by atoms with Gasteiger partial charge in [0.15, 0.2) is 6.29 Å². The number of para-hydroxylation sites is 2. The van der Waals surface area contributed by atoms with Gasteiger partial charge in [-0.2, -0.15) is 0 Å². The number of benzene rings is 3. The minimum Gasteiger partial charge on any atom is -0.497 e. The van der Waals surface area contributed by atoms with Gasteiger partial charge in [-0.1, -0.05) is 48.5 Å². The van der Waals surface area contributed by atoms with Crippen LogP contribution in [0.2, 0.25) is 0 Å². The third-order valence-corrected chi connectivity index (χ3v) is 6.36. The number of H-pyrrole nitrogens is 1. The number of hydrogen-bond acceptors (Lipinski definition) is 6. The van der Waals surface area contributed by atoms with Gasteiger partial charge in [0.05, 0.1) is 13.2 Å². The third kappa shape index (κ3) is 7.33. The Labute approximate surface area is 218 Å². The van der Waals surface area contributed by atoms with Gasteiger partial charge < -0.3 is 34.9 Å². The molecule has 0 aliphatic carbocycles. The van der Waals surface area contributed by atoms with Gasteiger partial charge in [0.25, 0.3) is 0 Å². The molecule has 1 aromatic heterocycles. The number of fused-ring (bicyclic) bond motifs is 1. The number of aryl methyl sites for hydroxylation is 2. The van der Waals surface area contributed by atoms with E-state index in [-0.39, 0.29) is 12.7 Å². The van der Waals surface area contributed by atoms with Crippen molar-refractivity contribution in [3.8, 4) is 11.5 Å². The highest BCUT2D eigenvalue weighted by atomic mass is 16.6. The third-order valence-electron chi connectivity index (χ3n) is 6.36. The molecule has 2 unspecified atom stereocenters. The lowest BCUT2D eigenvalue weighted by molar-refractivity contribution is -0.159. The van der Waals surface area contributed by atoms with Gasteiger partial charge in [0.1, 0.15) is 24.2 Å². The van der Waals surface area contributed by atoms with Gasteiger partial charge in [-0.05, 0) is 73.8 Å². The SMILES string of the molecule is COc1ccc(CCc2ccccc2OCC(CN(C)C)OC(O)[C@H](N)c2cc3ccccc3[nH]2)cc1. The van der Waals surface area contributed by atoms with Gasteiger partial charge in [-0.3, -0.25) is 0 Å². The first kappa shape index (κ1) is 26.7. The Morgan fingerprint density at radius 2 is 1.68 bits per heavy atom. The molecule has 0 bridgehead atoms. The summed E-state index contributed by atoms with van der Waals surface area (Å²) in [7, 11) is 5.59. The summed E-state index contributed by atoms with van der Waals surface area (Å²) < 4.78 is 17.5. The van der Waals surface area contributed by atoms with E-state index in [0.717, 1.165) is 46.5 Å². The highest BCUT2D eigenvalue weighted by molar-refractivity contribution is 5.80. The second-order valence-corrected chi connectivity index (χ2v) is 9.52. The second kappa shape index (κ2) is 12.7. The molecule has 4 rings (SSSR count). The van der Waals surface area contributed by atoms with E-state index < -0.39 is 12.3 Å². The van der Waals surface area contributed by atoms with Gasteiger partial charge in [-0.15, -0.1) is 0 Å². The zero-order chi connectivity index (χ0) is 26.2. The molecule has 1 heterocycles. The van der Waals surface area contributed by atoms with E-state index in [2.05, 4.69) is 23.2 Å². The van der Waals surface area contributed by atoms with Crippen molar-refractivity contribution >= 4 is 10.9 Å². The van der Waals surface area contributed by atoms with E-state index in [1.54, 1.807) is 7.11 Å². The summed E-state index contributed by atoms with van der Waals surface area (Å²) in [6.07, 6.45) is 0.164. The number of hydrogen-bond donors (Lipinski definition) is 3. The van der Waals surface area contributed by atoms with Crippen LogP contribution in [0.25, 0.3) is 10.9 Å². The molecule has 0 radical (unpaired) electrons. The average molecular weight is 504 g/mol. The monoisotopic (exact) mass is 503 g/mol. The molecule has 7 nitrogen and oxygen atoms in total. The van der Waals surface area contributed by atoms with E-state index in [0.29, 0.717) is 6.54 Å². The number of rotatable bonds is 13. The normalized spacial score (nSPS) is 14.0. The molecule has 4 N–H and O–H groups in total. The lowest BCUT2D eigenvalue weighted by Gasteiger charge is -2.27.